The third-order valence-electron chi connectivity index (χ3n) is 3.77. The molecule has 19 heavy (non-hydrogen) atoms. The smallest absolute Gasteiger partial charge is 0.254 e. The first-order valence-electron chi connectivity index (χ1n) is 6.43. The van der Waals surface area contributed by atoms with E-state index >= 15 is 0 Å². The molecule has 0 bridgehead atoms. The van der Waals surface area contributed by atoms with E-state index in [-0.39, 0.29) is 11.8 Å². The van der Waals surface area contributed by atoms with E-state index in [0.29, 0.717) is 24.2 Å². The number of H-pyrrole nitrogens is 1. The quantitative estimate of drug-likeness (QED) is 0.794. The Morgan fingerprint density at radius 2 is 2.21 bits per heavy atom. The Hall–Kier alpha value is -1.95. The maximum Gasteiger partial charge on any atom is 0.254 e. The summed E-state index contributed by atoms with van der Waals surface area (Å²) in [5, 5.41) is 20.3. The van der Waals surface area contributed by atoms with Crippen molar-refractivity contribution in [1.82, 2.24) is 20.3 Å². The number of rotatable bonds is 1. The molecule has 2 unspecified atom stereocenters. The van der Waals surface area contributed by atoms with Gasteiger partial charge in [-0.05, 0) is 30.5 Å². The van der Waals surface area contributed by atoms with Gasteiger partial charge in [-0.2, -0.15) is 15.4 Å². The maximum absolute atomic E-state index is 12.4. The number of fused-ring (bicyclic) bond motifs is 1. The molecule has 1 amide bonds. The first-order chi connectivity index (χ1) is 9.15. The van der Waals surface area contributed by atoms with Crippen LogP contribution in [0, 0.1) is 5.92 Å². The summed E-state index contributed by atoms with van der Waals surface area (Å²) in [6, 6.07) is 5.25. The van der Waals surface area contributed by atoms with Gasteiger partial charge in [-0.1, -0.05) is 6.92 Å². The highest BCUT2D eigenvalue weighted by Crippen LogP contribution is 2.20. The topological polar surface area (TPSA) is 82.1 Å². The maximum atomic E-state index is 12.4. The average Bonchev–Trinajstić information content (AvgIpc) is 2.88. The third kappa shape index (κ3) is 2.19. The SMILES string of the molecule is CC1CCN(C(=O)c2ccc3n[nH]nc3c2)CC1O. The standard InChI is InChI=1S/C13H16N4O2/c1-8-4-5-17(7-12(8)18)13(19)9-2-3-10-11(6-9)15-16-14-10/h2-3,6,8,12,18H,4-5,7H2,1H3,(H,14,15,16). The van der Waals surface area contributed by atoms with E-state index in [0.717, 1.165) is 11.9 Å². The largest absolute Gasteiger partial charge is 0.391 e. The predicted octanol–water partition coefficient (Wildman–Crippen LogP) is 0.801. The van der Waals surface area contributed by atoms with Crippen molar-refractivity contribution in [1.29, 1.82) is 0 Å². The van der Waals surface area contributed by atoms with Gasteiger partial charge in [-0.15, -0.1) is 0 Å². The normalized spacial score (nSPS) is 23.8. The number of nitrogens with zero attached hydrogens (tertiary/aromatic N) is 3. The Morgan fingerprint density at radius 3 is 3.00 bits per heavy atom. The fourth-order valence-electron chi connectivity index (χ4n) is 2.39. The van der Waals surface area contributed by atoms with Crippen LogP contribution in [0.1, 0.15) is 23.7 Å². The zero-order chi connectivity index (χ0) is 13.4. The van der Waals surface area contributed by atoms with Crippen LogP contribution >= 0.6 is 0 Å². The van der Waals surface area contributed by atoms with Crippen molar-refractivity contribution in [3.63, 3.8) is 0 Å². The summed E-state index contributed by atoms with van der Waals surface area (Å²) in [5.41, 5.74) is 2.00. The van der Waals surface area contributed by atoms with Gasteiger partial charge in [-0.3, -0.25) is 4.79 Å². The van der Waals surface area contributed by atoms with Gasteiger partial charge in [-0.25, -0.2) is 0 Å². The lowest BCUT2D eigenvalue weighted by Crippen LogP contribution is -2.45. The highest BCUT2D eigenvalue weighted by atomic mass is 16.3. The van der Waals surface area contributed by atoms with Crippen molar-refractivity contribution in [2.24, 2.45) is 5.92 Å². The second-order valence-electron chi connectivity index (χ2n) is 5.11. The van der Waals surface area contributed by atoms with E-state index in [1.54, 1.807) is 23.1 Å². The molecule has 2 atom stereocenters. The van der Waals surface area contributed by atoms with Gasteiger partial charge in [0.15, 0.2) is 0 Å². The molecule has 0 spiro atoms. The lowest BCUT2D eigenvalue weighted by Gasteiger charge is -2.34. The fourth-order valence-corrected chi connectivity index (χ4v) is 2.39. The Morgan fingerprint density at radius 1 is 1.42 bits per heavy atom. The number of carbonyl (C=O) groups excluding carboxylic acids is 1. The predicted molar refractivity (Wildman–Crippen MR) is 69.6 cm³/mol. The minimum atomic E-state index is -0.437. The highest BCUT2D eigenvalue weighted by Gasteiger charge is 2.27. The van der Waals surface area contributed by atoms with Gasteiger partial charge >= 0.3 is 0 Å². The lowest BCUT2D eigenvalue weighted by molar-refractivity contribution is 0.0249. The minimum absolute atomic E-state index is 0.0594. The van der Waals surface area contributed by atoms with E-state index in [1.807, 2.05) is 6.92 Å². The van der Waals surface area contributed by atoms with E-state index < -0.39 is 6.10 Å². The molecule has 2 aromatic rings. The number of aliphatic hydroxyl groups excluding tert-OH is 1. The summed E-state index contributed by atoms with van der Waals surface area (Å²) < 4.78 is 0. The van der Waals surface area contributed by atoms with Crippen molar-refractivity contribution in [3.8, 4) is 0 Å². The molecule has 2 N–H and O–H groups in total. The van der Waals surface area contributed by atoms with Gasteiger partial charge in [0.05, 0.1) is 6.10 Å². The summed E-state index contributed by atoms with van der Waals surface area (Å²) in [5.74, 6) is 0.193. The number of piperidine rings is 1. The molecule has 1 aromatic carbocycles. The number of benzene rings is 1. The van der Waals surface area contributed by atoms with Crippen LogP contribution in [-0.4, -0.2) is 50.5 Å². The number of hydrogen-bond donors (Lipinski definition) is 2. The Labute approximate surface area is 110 Å². The van der Waals surface area contributed by atoms with Gasteiger partial charge in [0.25, 0.3) is 5.91 Å². The average molecular weight is 260 g/mol. The fraction of sp³-hybridized carbons (Fsp3) is 0.462. The number of amides is 1. The molecule has 1 saturated heterocycles. The van der Waals surface area contributed by atoms with Gasteiger partial charge < -0.3 is 10.0 Å². The first-order valence-corrected chi connectivity index (χ1v) is 6.43. The van der Waals surface area contributed by atoms with Crippen LogP contribution in [0.2, 0.25) is 0 Å². The molecule has 0 radical (unpaired) electrons. The van der Waals surface area contributed by atoms with Gasteiger partial charge in [0, 0.05) is 18.7 Å². The van der Waals surface area contributed by atoms with E-state index in [2.05, 4.69) is 15.4 Å². The number of carbonyl (C=O) groups is 1. The van der Waals surface area contributed by atoms with Crippen LogP contribution in [0.4, 0.5) is 0 Å². The Kier molecular flexibility index (Phi) is 2.94. The lowest BCUT2D eigenvalue weighted by atomic mass is 9.95. The van der Waals surface area contributed by atoms with Crippen LogP contribution in [0.5, 0.6) is 0 Å². The molecule has 3 rings (SSSR count). The molecule has 1 aliphatic heterocycles. The molecule has 1 aliphatic rings. The van der Waals surface area contributed by atoms with Crippen molar-refractivity contribution >= 4 is 16.9 Å². The van der Waals surface area contributed by atoms with Gasteiger partial charge in [0.1, 0.15) is 11.0 Å². The summed E-state index contributed by atoms with van der Waals surface area (Å²) >= 11 is 0. The van der Waals surface area contributed by atoms with E-state index in [9.17, 15) is 9.90 Å². The Bertz CT molecular complexity index is 609. The molecular formula is C13H16N4O2. The first kappa shape index (κ1) is 12.1. The second-order valence-corrected chi connectivity index (χ2v) is 5.11. The minimum Gasteiger partial charge on any atom is -0.391 e. The number of aromatic amines is 1. The van der Waals surface area contributed by atoms with Crippen molar-refractivity contribution in [3.05, 3.63) is 23.8 Å². The van der Waals surface area contributed by atoms with Crippen LogP contribution in [0.15, 0.2) is 18.2 Å². The van der Waals surface area contributed by atoms with Crippen molar-refractivity contribution < 1.29 is 9.90 Å². The molecule has 100 valence electrons. The van der Waals surface area contributed by atoms with E-state index in [1.165, 1.54) is 0 Å². The van der Waals surface area contributed by atoms with Crippen LogP contribution in [0.25, 0.3) is 11.0 Å². The highest BCUT2D eigenvalue weighted by molar-refractivity contribution is 5.97. The molecule has 0 saturated carbocycles. The van der Waals surface area contributed by atoms with Crippen molar-refractivity contribution in [2.45, 2.75) is 19.4 Å². The zero-order valence-electron chi connectivity index (χ0n) is 10.7. The number of likely N-dealkylation sites (tertiary alicyclic amines) is 1. The molecule has 1 aromatic heterocycles. The molecular weight excluding hydrogens is 244 g/mol. The Balaban J connectivity index is 1.83. The van der Waals surface area contributed by atoms with Crippen LogP contribution < -0.4 is 0 Å². The summed E-state index contributed by atoms with van der Waals surface area (Å²) in [4.78, 5) is 14.1. The summed E-state index contributed by atoms with van der Waals surface area (Å²) in [6.07, 6.45) is 0.396. The zero-order valence-corrected chi connectivity index (χ0v) is 10.7. The molecule has 6 nitrogen and oxygen atoms in total. The van der Waals surface area contributed by atoms with Crippen LogP contribution in [0.3, 0.4) is 0 Å². The molecule has 2 heterocycles. The number of aliphatic hydroxyl groups is 1. The number of hydrogen-bond acceptors (Lipinski definition) is 4. The molecule has 1 fully saturated rings. The van der Waals surface area contributed by atoms with Crippen molar-refractivity contribution in [2.75, 3.05) is 13.1 Å². The summed E-state index contributed by atoms with van der Waals surface area (Å²) in [7, 11) is 0. The third-order valence-corrected chi connectivity index (χ3v) is 3.77. The monoisotopic (exact) mass is 260 g/mol. The van der Waals surface area contributed by atoms with E-state index in [4.69, 9.17) is 0 Å². The number of β-amino-alcohol motifs (C(OH)–C–C–N with tert-alkyl or cyclic N) is 1. The van der Waals surface area contributed by atoms with Crippen LogP contribution in [-0.2, 0) is 0 Å². The summed E-state index contributed by atoms with van der Waals surface area (Å²) in [6.45, 7) is 3.10. The molecule has 0 aliphatic carbocycles. The second kappa shape index (κ2) is 4.62. The molecule has 6 heteroatoms. The number of nitrogens with one attached hydrogen (secondary N) is 1. The number of aromatic nitrogens is 3. The van der Waals surface area contributed by atoms with Gasteiger partial charge in [0.2, 0.25) is 0 Å².